The van der Waals surface area contributed by atoms with Crippen LogP contribution < -0.4 is 22.5 Å². The number of likely N-dealkylation sites (tertiary alicyclic amines) is 1. The summed E-state index contributed by atoms with van der Waals surface area (Å²) in [5, 5.41) is 12.0. The smallest absolute Gasteiger partial charge is 0.354 e. The summed E-state index contributed by atoms with van der Waals surface area (Å²) in [7, 11) is 0. The SMILES string of the molecule is C[C@H]1CCN(CCc2ccc(-n3ccc(NC(=O)N4CCN(C(=O)[C@](C)(N)CO)CC4)nc3=O)cc2)CC[C@@H]1N.Cl. The van der Waals surface area contributed by atoms with Crippen molar-refractivity contribution in [2.75, 3.05) is 57.7 Å². The Hall–Kier alpha value is -3.03. The van der Waals surface area contributed by atoms with E-state index in [1.807, 2.05) is 24.3 Å². The van der Waals surface area contributed by atoms with Gasteiger partial charge in [0.25, 0.3) is 0 Å². The van der Waals surface area contributed by atoms with Crippen LogP contribution in [0.5, 0.6) is 0 Å². The first-order chi connectivity index (χ1) is 19.1. The maximum atomic E-state index is 12.7. The minimum Gasteiger partial charge on any atom is -0.394 e. The predicted octanol–water partition coefficient (Wildman–Crippen LogP) is 0.642. The van der Waals surface area contributed by atoms with Crippen molar-refractivity contribution in [3.63, 3.8) is 0 Å². The van der Waals surface area contributed by atoms with Crippen LogP contribution in [-0.2, 0) is 11.2 Å². The number of nitrogens with zero attached hydrogens (tertiary/aromatic N) is 5. The fourth-order valence-corrected chi connectivity index (χ4v) is 5.06. The molecule has 2 aromatic rings. The Morgan fingerprint density at radius 3 is 2.32 bits per heavy atom. The summed E-state index contributed by atoms with van der Waals surface area (Å²) in [6.07, 6.45) is 4.68. The summed E-state index contributed by atoms with van der Waals surface area (Å²) in [4.78, 5) is 47.5. The Kier molecular flexibility index (Phi) is 11.3. The van der Waals surface area contributed by atoms with Gasteiger partial charge in [-0.3, -0.25) is 14.7 Å². The van der Waals surface area contributed by atoms with Gasteiger partial charge in [-0.05, 0) is 69.0 Å². The number of amides is 3. The molecule has 4 rings (SSSR count). The van der Waals surface area contributed by atoms with E-state index in [1.54, 1.807) is 17.2 Å². The molecule has 0 unspecified atom stereocenters. The van der Waals surface area contributed by atoms with Crippen molar-refractivity contribution in [3.05, 3.63) is 52.6 Å². The van der Waals surface area contributed by atoms with Crippen LogP contribution in [0.1, 0.15) is 32.3 Å². The number of piperazine rings is 1. The first kappa shape index (κ1) is 32.5. The number of aromatic nitrogens is 2. The van der Waals surface area contributed by atoms with E-state index in [2.05, 4.69) is 22.1 Å². The molecular weight excluding hydrogens is 548 g/mol. The summed E-state index contributed by atoms with van der Waals surface area (Å²) in [6, 6.07) is 9.33. The molecule has 0 radical (unpaired) electrons. The van der Waals surface area contributed by atoms with Gasteiger partial charge in [-0.15, -0.1) is 12.4 Å². The van der Waals surface area contributed by atoms with Crippen LogP contribution in [0.4, 0.5) is 10.6 Å². The van der Waals surface area contributed by atoms with Gasteiger partial charge in [0, 0.05) is 45.0 Å². The average molecular weight is 591 g/mol. The van der Waals surface area contributed by atoms with E-state index in [4.69, 9.17) is 11.5 Å². The van der Waals surface area contributed by atoms with Crippen molar-refractivity contribution in [2.24, 2.45) is 17.4 Å². The van der Waals surface area contributed by atoms with Crippen molar-refractivity contribution < 1.29 is 14.7 Å². The van der Waals surface area contributed by atoms with Gasteiger partial charge < -0.3 is 31.3 Å². The number of nitrogens with two attached hydrogens (primary N) is 2. The minimum absolute atomic E-state index is 0. The standard InChI is InChI=1S/C28H42N8O4.ClH/c1-20-7-11-33(13-9-23(20)29)12-8-21-3-5-22(6-4-21)36-14-10-24(32-27(36)40)31-26(39)35-17-15-34(16-18-35)25(38)28(2,30)19-37;/h3-6,10,14,20,23,37H,7-9,11-13,15-19,29-30H2,1-2H3,(H,31,32,39,40);1H/t20-,23-,28+;/m0./s1. The highest BCUT2D eigenvalue weighted by molar-refractivity contribution is 5.89. The van der Waals surface area contributed by atoms with Crippen LogP contribution in [0.3, 0.4) is 0 Å². The topological polar surface area (TPSA) is 163 Å². The molecule has 1 aromatic heterocycles. The van der Waals surface area contributed by atoms with Gasteiger partial charge in [-0.1, -0.05) is 19.1 Å². The summed E-state index contributed by atoms with van der Waals surface area (Å²) < 4.78 is 1.44. The minimum atomic E-state index is -1.35. The van der Waals surface area contributed by atoms with Crippen molar-refractivity contribution in [2.45, 2.75) is 44.7 Å². The van der Waals surface area contributed by atoms with E-state index in [0.717, 1.165) is 38.9 Å². The molecule has 12 nitrogen and oxygen atoms in total. The second kappa shape index (κ2) is 14.2. The first-order valence-electron chi connectivity index (χ1n) is 14.0. The quantitative estimate of drug-likeness (QED) is 0.365. The molecule has 226 valence electrons. The maximum absolute atomic E-state index is 12.7. The number of aliphatic hydroxyl groups is 1. The molecule has 2 saturated heterocycles. The van der Waals surface area contributed by atoms with E-state index >= 15 is 0 Å². The van der Waals surface area contributed by atoms with Crippen LogP contribution >= 0.6 is 12.4 Å². The van der Waals surface area contributed by atoms with Crippen molar-refractivity contribution in [3.8, 4) is 5.69 Å². The van der Waals surface area contributed by atoms with Crippen molar-refractivity contribution in [1.29, 1.82) is 0 Å². The number of hydrogen-bond acceptors (Lipinski definition) is 8. The molecule has 2 aliphatic rings. The fraction of sp³-hybridized carbons (Fsp3) is 0.571. The van der Waals surface area contributed by atoms with Crippen LogP contribution in [0.15, 0.2) is 41.3 Å². The molecule has 13 heteroatoms. The zero-order valence-corrected chi connectivity index (χ0v) is 24.7. The lowest BCUT2D eigenvalue weighted by Crippen LogP contribution is -2.60. The average Bonchev–Trinajstić information content (AvgIpc) is 3.12. The Balaban J connectivity index is 0.00000462. The lowest BCUT2D eigenvalue weighted by molar-refractivity contribution is -0.139. The zero-order valence-electron chi connectivity index (χ0n) is 23.9. The Morgan fingerprint density at radius 2 is 1.68 bits per heavy atom. The molecule has 3 heterocycles. The van der Waals surface area contributed by atoms with Crippen molar-refractivity contribution in [1.82, 2.24) is 24.3 Å². The summed E-state index contributed by atoms with van der Waals surface area (Å²) in [6.45, 7) is 7.54. The van der Waals surface area contributed by atoms with E-state index in [9.17, 15) is 19.5 Å². The predicted molar refractivity (Wildman–Crippen MR) is 160 cm³/mol. The largest absolute Gasteiger partial charge is 0.394 e. The molecule has 2 fully saturated rings. The van der Waals surface area contributed by atoms with Gasteiger partial charge in [0.15, 0.2) is 0 Å². The van der Waals surface area contributed by atoms with E-state index in [1.165, 1.54) is 22.0 Å². The third-order valence-corrected chi connectivity index (χ3v) is 8.05. The summed E-state index contributed by atoms with van der Waals surface area (Å²) in [5.41, 5.74) is 12.1. The van der Waals surface area contributed by atoms with Crippen molar-refractivity contribution >= 4 is 30.2 Å². The lowest BCUT2D eigenvalue weighted by atomic mass is 9.98. The lowest BCUT2D eigenvalue weighted by Gasteiger charge is -2.37. The van der Waals surface area contributed by atoms with E-state index in [-0.39, 0.29) is 30.2 Å². The number of rotatable bonds is 7. The molecule has 0 aliphatic carbocycles. The van der Waals surface area contributed by atoms with E-state index < -0.39 is 23.9 Å². The van der Waals surface area contributed by atoms with Gasteiger partial charge >= 0.3 is 11.7 Å². The third kappa shape index (κ3) is 8.26. The van der Waals surface area contributed by atoms with Gasteiger partial charge in [0.1, 0.15) is 11.4 Å². The molecular formula is C28H43ClN8O4. The number of anilines is 1. The van der Waals surface area contributed by atoms with E-state index in [0.29, 0.717) is 37.8 Å². The van der Waals surface area contributed by atoms with Gasteiger partial charge in [-0.25, -0.2) is 9.59 Å². The number of benzene rings is 1. The molecule has 2 aliphatic heterocycles. The highest BCUT2D eigenvalue weighted by Crippen LogP contribution is 2.17. The Labute approximate surface area is 247 Å². The van der Waals surface area contributed by atoms with Gasteiger partial charge in [0.05, 0.1) is 12.3 Å². The molecule has 41 heavy (non-hydrogen) atoms. The van der Waals surface area contributed by atoms with Gasteiger partial charge in [-0.2, -0.15) is 4.98 Å². The number of carbonyl (C=O) groups excluding carboxylic acids is 2. The number of carbonyl (C=O) groups is 2. The number of nitrogens with one attached hydrogen (secondary N) is 1. The summed E-state index contributed by atoms with van der Waals surface area (Å²) in [5.74, 6) is 0.360. The zero-order chi connectivity index (χ0) is 28.9. The Morgan fingerprint density at radius 1 is 1.05 bits per heavy atom. The molecule has 0 saturated carbocycles. The fourth-order valence-electron chi connectivity index (χ4n) is 5.06. The molecule has 1 aromatic carbocycles. The highest BCUT2D eigenvalue weighted by atomic mass is 35.5. The molecule has 0 spiro atoms. The summed E-state index contributed by atoms with van der Waals surface area (Å²) >= 11 is 0. The normalized spacial score (nSPS) is 21.4. The molecule has 6 N–H and O–H groups in total. The number of aliphatic hydroxyl groups excluding tert-OH is 1. The van der Waals surface area contributed by atoms with Crippen LogP contribution in [0.2, 0.25) is 0 Å². The number of halogens is 1. The highest BCUT2D eigenvalue weighted by Gasteiger charge is 2.34. The number of urea groups is 1. The third-order valence-electron chi connectivity index (χ3n) is 8.05. The number of hydrogen-bond donors (Lipinski definition) is 4. The molecule has 3 amide bonds. The first-order valence-corrected chi connectivity index (χ1v) is 14.0. The second-order valence-electron chi connectivity index (χ2n) is 11.2. The monoisotopic (exact) mass is 590 g/mol. The Bertz CT molecular complexity index is 1220. The van der Waals surface area contributed by atoms with Crippen LogP contribution in [-0.4, -0.2) is 105 Å². The molecule has 3 atom stereocenters. The second-order valence-corrected chi connectivity index (χ2v) is 11.2. The van der Waals surface area contributed by atoms with Gasteiger partial charge in [0.2, 0.25) is 5.91 Å². The van der Waals surface area contributed by atoms with Crippen LogP contribution in [0, 0.1) is 5.92 Å². The maximum Gasteiger partial charge on any atom is 0.354 e. The molecule has 0 bridgehead atoms. The van der Waals surface area contributed by atoms with Crippen LogP contribution in [0.25, 0.3) is 5.69 Å².